The first-order valence-corrected chi connectivity index (χ1v) is 7.98. The number of hydrogen-bond acceptors (Lipinski definition) is 4. The summed E-state index contributed by atoms with van der Waals surface area (Å²) in [6.45, 7) is 4.98. The molecule has 6 nitrogen and oxygen atoms in total. The Hall–Kier alpha value is -1.95. The van der Waals surface area contributed by atoms with E-state index in [2.05, 4.69) is 22.5 Å². The SMILES string of the molecule is CCCCOCCNC(=NC)NCc1ccc(OC)cc1OC. The highest BCUT2D eigenvalue weighted by Crippen LogP contribution is 2.24. The summed E-state index contributed by atoms with van der Waals surface area (Å²) in [6, 6.07) is 5.76. The van der Waals surface area contributed by atoms with E-state index in [1.54, 1.807) is 21.3 Å². The lowest BCUT2D eigenvalue weighted by molar-refractivity contribution is 0.136. The van der Waals surface area contributed by atoms with Crippen LogP contribution in [0.3, 0.4) is 0 Å². The second-order valence-electron chi connectivity index (χ2n) is 5.00. The van der Waals surface area contributed by atoms with Gasteiger partial charge in [0, 0.05) is 38.4 Å². The zero-order chi connectivity index (χ0) is 16.9. The van der Waals surface area contributed by atoms with Gasteiger partial charge in [0.2, 0.25) is 0 Å². The van der Waals surface area contributed by atoms with Gasteiger partial charge in [-0.15, -0.1) is 0 Å². The number of ether oxygens (including phenoxy) is 3. The predicted octanol–water partition coefficient (Wildman–Crippen LogP) is 2.19. The van der Waals surface area contributed by atoms with Gasteiger partial charge in [-0.25, -0.2) is 0 Å². The molecule has 0 radical (unpaired) electrons. The Morgan fingerprint density at radius 2 is 1.96 bits per heavy atom. The Labute approximate surface area is 139 Å². The molecule has 0 fully saturated rings. The van der Waals surface area contributed by atoms with Gasteiger partial charge >= 0.3 is 0 Å². The second-order valence-corrected chi connectivity index (χ2v) is 5.00. The maximum absolute atomic E-state index is 5.51. The number of guanidine groups is 1. The minimum absolute atomic E-state index is 0.615. The number of nitrogens with one attached hydrogen (secondary N) is 2. The number of benzene rings is 1. The molecule has 1 rings (SSSR count). The Bertz CT molecular complexity index is 478. The monoisotopic (exact) mass is 323 g/mol. The molecular formula is C17H29N3O3. The highest BCUT2D eigenvalue weighted by molar-refractivity contribution is 5.79. The van der Waals surface area contributed by atoms with Crippen molar-refractivity contribution in [2.24, 2.45) is 4.99 Å². The van der Waals surface area contributed by atoms with E-state index in [1.807, 2.05) is 18.2 Å². The predicted molar refractivity (Wildman–Crippen MR) is 93.5 cm³/mol. The molecule has 0 amide bonds. The van der Waals surface area contributed by atoms with E-state index < -0.39 is 0 Å². The van der Waals surface area contributed by atoms with Crippen molar-refractivity contribution in [2.45, 2.75) is 26.3 Å². The van der Waals surface area contributed by atoms with Gasteiger partial charge < -0.3 is 24.8 Å². The van der Waals surface area contributed by atoms with E-state index in [1.165, 1.54) is 0 Å². The molecule has 0 aliphatic rings. The molecule has 1 aromatic rings. The van der Waals surface area contributed by atoms with Crippen LogP contribution in [0.5, 0.6) is 11.5 Å². The molecule has 0 spiro atoms. The van der Waals surface area contributed by atoms with Crippen molar-refractivity contribution in [2.75, 3.05) is 41.0 Å². The minimum atomic E-state index is 0.615. The van der Waals surface area contributed by atoms with Crippen LogP contribution in [-0.4, -0.2) is 47.0 Å². The topological polar surface area (TPSA) is 64.1 Å². The molecule has 0 aliphatic carbocycles. The molecule has 0 aromatic heterocycles. The van der Waals surface area contributed by atoms with Gasteiger partial charge in [-0.1, -0.05) is 13.3 Å². The maximum atomic E-state index is 5.51. The summed E-state index contributed by atoms with van der Waals surface area (Å²) in [5, 5.41) is 6.49. The number of methoxy groups -OCH3 is 2. The van der Waals surface area contributed by atoms with Gasteiger partial charge in [-0.3, -0.25) is 4.99 Å². The fourth-order valence-corrected chi connectivity index (χ4v) is 1.99. The zero-order valence-corrected chi connectivity index (χ0v) is 14.6. The summed E-state index contributed by atoms with van der Waals surface area (Å²) in [5.74, 6) is 2.30. The molecule has 0 saturated heterocycles. The van der Waals surface area contributed by atoms with Crippen LogP contribution < -0.4 is 20.1 Å². The standard InChI is InChI=1S/C17H29N3O3/c1-5-6-10-23-11-9-19-17(18-2)20-13-14-7-8-15(21-3)12-16(14)22-4/h7-8,12H,5-6,9-11,13H2,1-4H3,(H2,18,19,20). The third-order valence-corrected chi connectivity index (χ3v) is 3.35. The molecule has 0 heterocycles. The second kappa shape index (κ2) is 11.6. The van der Waals surface area contributed by atoms with E-state index in [0.29, 0.717) is 13.2 Å². The lowest BCUT2D eigenvalue weighted by atomic mass is 10.2. The van der Waals surface area contributed by atoms with E-state index >= 15 is 0 Å². The highest BCUT2D eigenvalue weighted by atomic mass is 16.5. The van der Waals surface area contributed by atoms with Crippen LogP contribution in [0.4, 0.5) is 0 Å². The van der Waals surface area contributed by atoms with Crippen LogP contribution in [-0.2, 0) is 11.3 Å². The molecule has 0 saturated carbocycles. The Morgan fingerprint density at radius 1 is 1.13 bits per heavy atom. The minimum Gasteiger partial charge on any atom is -0.497 e. The summed E-state index contributed by atoms with van der Waals surface area (Å²) >= 11 is 0. The van der Waals surface area contributed by atoms with Crippen LogP contribution in [0.25, 0.3) is 0 Å². The number of hydrogen-bond donors (Lipinski definition) is 2. The first-order valence-electron chi connectivity index (χ1n) is 7.98. The molecule has 2 N–H and O–H groups in total. The first kappa shape index (κ1) is 19.1. The zero-order valence-electron chi connectivity index (χ0n) is 14.6. The van der Waals surface area contributed by atoms with Gasteiger partial charge in [0.25, 0.3) is 0 Å². The van der Waals surface area contributed by atoms with Crippen molar-refractivity contribution in [1.82, 2.24) is 10.6 Å². The number of rotatable bonds is 10. The summed E-state index contributed by atoms with van der Waals surface area (Å²) < 4.78 is 16.1. The number of unbranched alkanes of at least 4 members (excludes halogenated alkanes) is 1. The van der Waals surface area contributed by atoms with Gasteiger partial charge in [-0.2, -0.15) is 0 Å². The first-order chi connectivity index (χ1) is 11.2. The van der Waals surface area contributed by atoms with Gasteiger partial charge in [0.15, 0.2) is 5.96 Å². The summed E-state index contributed by atoms with van der Waals surface area (Å²) in [5.41, 5.74) is 1.04. The number of aliphatic imine (C=N–C) groups is 1. The van der Waals surface area contributed by atoms with Crippen molar-refractivity contribution >= 4 is 5.96 Å². The number of nitrogens with zero attached hydrogens (tertiary/aromatic N) is 1. The smallest absolute Gasteiger partial charge is 0.191 e. The average molecular weight is 323 g/mol. The van der Waals surface area contributed by atoms with Crippen LogP contribution in [0.15, 0.2) is 23.2 Å². The Balaban J connectivity index is 2.39. The molecule has 0 atom stereocenters. The van der Waals surface area contributed by atoms with Crippen LogP contribution in [0.1, 0.15) is 25.3 Å². The fraction of sp³-hybridized carbons (Fsp3) is 0.588. The van der Waals surface area contributed by atoms with E-state index in [-0.39, 0.29) is 0 Å². The van der Waals surface area contributed by atoms with E-state index in [9.17, 15) is 0 Å². The Kier molecular flexibility index (Phi) is 9.63. The molecule has 6 heteroatoms. The maximum Gasteiger partial charge on any atom is 0.191 e. The van der Waals surface area contributed by atoms with Crippen LogP contribution in [0, 0.1) is 0 Å². The summed E-state index contributed by atoms with van der Waals surface area (Å²) in [6.07, 6.45) is 2.25. The molecule has 1 aromatic carbocycles. The molecule has 0 aliphatic heterocycles. The van der Waals surface area contributed by atoms with Crippen LogP contribution in [0.2, 0.25) is 0 Å². The van der Waals surface area contributed by atoms with Crippen molar-refractivity contribution in [3.63, 3.8) is 0 Å². The van der Waals surface area contributed by atoms with Crippen molar-refractivity contribution in [3.8, 4) is 11.5 Å². The molecule has 23 heavy (non-hydrogen) atoms. The molecular weight excluding hydrogens is 294 g/mol. The van der Waals surface area contributed by atoms with E-state index in [4.69, 9.17) is 14.2 Å². The fourth-order valence-electron chi connectivity index (χ4n) is 1.99. The average Bonchev–Trinajstić information content (AvgIpc) is 2.60. The normalized spacial score (nSPS) is 11.2. The third kappa shape index (κ3) is 7.23. The Morgan fingerprint density at radius 3 is 2.61 bits per heavy atom. The summed E-state index contributed by atoms with van der Waals surface area (Å²) in [4.78, 5) is 4.20. The lowest BCUT2D eigenvalue weighted by Gasteiger charge is -2.14. The van der Waals surface area contributed by atoms with E-state index in [0.717, 1.165) is 49.0 Å². The third-order valence-electron chi connectivity index (χ3n) is 3.35. The largest absolute Gasteiger partial charge is 0.497 e. The van der Waals surface area contributed by atoms with Gasteiger partial charge in [0.05, 0.1) is 20.8 Å². The van der Waals surface area contributed by atoms with Crippen molar-refractivity contribution < 1.29 is 14.2 Å². The highest BCUT2D eigenvalue weighted by Gasteiger charge is 2.06. The van der Waals surface area contributed by atoms with Crippen molar-refractivity contribution in [3.05, 3.63) is 23.8 Å². The molecule has 0 bridgehead atoms. The quantitative estimate of drug-likeness (QED) is 0.392. The molecule has 0 unspecified atom stereocenters. The van der Waals surface area contributed by atoms with Gasteiger partial charge in [0.1, 0.15) is 11.5 Å². The van der Waals surface area contributed by atoms with Crippen LogP contribution >= 0.6 is 0 Å². The summed E-state index contributed by atoms with van der Waals surface area (Å²) in [7, 11) is 5.04. The van der Waals surface area contributed by atoms with Crippen molar-refractivity contribution in [1.29, 1.82) is 0 Å². The molecule has 130 valence electrons. The lowest BCUT2D eigenvalue weighted by Crippen LogP contribution is -2.38. The van der Waals surface area contributed by atoms with Gasteiger partial charge in [-0.05, 0) is 18.6 Å².